The molecule has 0 aliphatic rings. The molecule has 0 saturated carbocycles. The summed E-state index contributed by atoms with van der Waals surface area (Å²) >= 11 is 1.17. The van der Waals surface area contributed by atoms with Crippen LogP contribution in [-0.2, 0) is 15.4 Å². The van der Waals surface area contributed by atoms with Crippen molar-refractivity contribution in [3.63, 3.8) is 0 Å². The van der Waals surface area contributed by atoms with Crippen LogP contribution in [0.15, 0.2) is 51.0 Å². The molecule has 28 heavy (non-hydrogen) atoms. The van der Waals surface area contributed by atoms with E-state index in [2.05, 4.69) is 20.3 Å². The van der Waals surface area contributed by atoms with Crippen molar-refractivity contribution in [2.45, 2.75) is 23.5 Å². The van der Waals surface area contributed by atoms with Crippen LogP contribution in [-0.4, -0.2) is 41.1 Å². The molecule has 2 rings (SSSR count). The van der Waals surface area contributed by atoms with Crippen LogP contribution in [0.5, 0.6) is 0 Å². The summed E-state index contributed by atoms with van der Waals surface area (Å²) in [6.07, 6.45) is 0. The predicted molar refractivity (Wildman–Crippen MR) is 124 cm³/mol. The van der Waals surface area contributed by atoms with Gasteiger partial charge in [0.25, 0.3) is 0 Å². The first kappa shape index (κ1) is 24.8. The van der Waals surface area contributed by atoms with Gasteiger partial charge in [-0.3, -0.25) is 4.99 Å². The second-order valence-electron chi connectivity index (χ2n) is 6.58. The van der Waals surface area contributed by atoms with Gasteiger partial charge in [0.05, 0.1) is 0 Å². The topological polar surface area (TPSA) is 82.6 Å². The maximum atomic E-state index is 13.5. The molecule has 0 bridgehead atoms. The lowest BCUT2D eigenvalue weighted by molar-refractivity contribution is 0.503. The molecule has 0 aliphatic heterocycles. The average Bonchev–Trinajstić information content (AvgIpc) is 3.17. The Hall–Kier alpha value is -1.24. The van der Waals surface area contributed by atoms with Gasteiger partial charge in [-0.1, -0.05) is 32.0 Å². The van der Waals surface area contributed by atoms with Crippen molar-refractivity contribution in [2.75, 3.05) is 26.7 Å². The van der Waals surface area contributed by atoms with Crippen LogP contribution in [0.2, 0.25) is 0 Å². The zero-order valence-corrected chi connectivity index (χ0v) is 20.0. The van der Waals surface area contributed by atoms with E-state index in [1.54, 1.807) is 30.6 Å². The van der Waals surface area contributed by atoms with Gasteiger partial charge in [-0.15, -0.1) is 35.3 Å². The normalized spacial score (nSPS) is 12.4. The van der Waals surface area contributed by atoms with Gasteiger partial charge >= 0.3 is 0 Å². The molecule has 3 N–H and O–H groups in total. The zero-order chi connectivity index (χ0) is 19.9. The Balaban J connectivity index is 0.00000392. The van der Waals surface area contributed by atoms with Gasteiger partial charge in [0.15, 0.2) is 5.96 Å². The van der Waals surface area contributed by atoms with E-state index in [0.29, 0.717) is 23.3 Å². The Kier molecular flexibility index (Phi) is 9.81. The highest BCUT2D eigenvalue weighted by Gasteiger charge is 2.21. The summed E-state index contributed by atoms with van der Waals surface area (Å²) in [6, 6.07) is 9.79. The molecular formula is C18H26FIN4O2S2. The lowest BCUT2D eigenvalue weighted by Gasteiger charge is -2.26. The molecule has 0 fully saturated rings. The Bertz CT molecular complexity index is 871. The monoisotopic (exact) mass is 540 g/mol. The molecule has 0 unspecified atom stereocenters. The second kappa shape index (κ2) is 11.1. The molecule has 1 aromatic heterocycles. The van der Waals surface area contributed by atoms with E-state index in [1.165, 1.54) is 23.5 Å². The fourth-order valence-electron chi connectivity index (χ4n) is 2.39. The van der Waals surface area contributed by atoms with Crippen molar-refractivity contribution in [3.05, 3.63) is 53.2 Å². The van der Waals surface area contributed by atoms with Crippen molar-refractivity contribution in [1.82, 2.24) is 15.4 Å². The quantitative estimate of drug-likeness (QED) is 0.208. The summed E-state index contributed by atoms with van der Waals surface area (Å²) in [5, 5.41) is 7.98. The minimum Gasteiger partial charge on any atom is -0.356 e. The first-order valence-corrected chi connectivity index (χ1v) is 10.8. The van der Waals surface area contributed by atoms with Crippen LogP contribution in [0.4, 0.5) is 4.39 Å². The van der Waals surface area contributed by atoms with E-state index in [-0.39, 0.29) is 41.8 Å². The number of halogens is 2. The van der Waals surface area contributed by atoms with Crippen LogP contribution in [0, 0.1) is 5.82 Å². The number of benzene rings is 1. The van der Waals surface area contributed by atoms with Gasteiger partial charge in [-0.25, -0.2) is 17.5 Å². The van der Waals surface area contributed by atoms with Gasteiger partial charge in [0.1, 0.15) is 10.0 Å². The largest absolute Gasteiger partial charge is 0.356 e. The summed E-state index contributed by atoms with van der Waals surface area (Å²) < 4.78 is 40.4. The lowest BCUT2D eigenvalue weighted by atomic mass is 9.84. The summed E-state index contributed by atoms with van der Waals surface area (Å²) in [5.74, 6) is 0.288. The van der Waals surface area contributed by atoms with Gasteiger partial charge in [0, 0.05) is 32.1 Å². The zero-order valence-electron chi connectivity index (χ0n) is 16.0. The highest BCUT2D eigenvalue weighted by molar-refractivity contribution is 14.0. The molecular weight excluding hydrogens is 514 g/mol. The van der Waals surface area contributed by atoms with Crippen molar-refractivity contribution in [1.29, 1.82) is 0 Å². The van der Waals surface area contributed by atoms with Gasteiger partial charge in [-0.2, -0.15) is 0 Å². The minimum absolute atomic E-state index is 0. The summed E-state index contributed by atoms with van der Waals surface area (Å²) in [6.45, 7) is 5.17. The molecule has 6 nitrogen and oxygen atoms in total. The molecule has 0 radical (unpaired) electrons. The van der Waals surface area contributed by atoms with Gasteiger partial charge < -0.3 is 10.6 Å². The smallest absolute Gasteiger partial charge is 0.250 e. The summed E-state index contributed by atoms with van der Waals surface area (Å²) in [5.41, 5.74) is 0.578. The number of hydrogen-bond donors (Lipinski definition) is 3. The number of nitrogens with zero attached hydrogens (tertiary/aromatic N) is 1. The van der Waals surface area contributed by atoms with Gasteiger partial charge in [0.2, 0.25) is 10.0 Å². The highest BCUT2D eigenvalue weighted by atomic mass is 127. The van der Waals surface area contributed by atoms with Crippen molar-refractivity contribution < 1.29 is 12.8 Å². The molecule has 1 heterocycles. The molecule has 0 saturated heterocycles. The number of guanidine groups is 1. The molecule has 0 spiro atoms. The van der Waals surface area contributed by atoms with E-state index in [9.17, 15) is 12.8 Å². The second-order valence-corrected chi connectivity index (χ2v) is 9.52. The van der Waals surface area contributed by atoms with E-state index in [0.717, 1.165) is 5.56 Å². The van der Waals surface area contributed by atoms with Crippen LogP contribution in [0.25, 0.3) is 0 Å². The third-order valence-corrected chi connectivity index (χ3v) is 6.86. The number of sulfonamides is 1. The Morgan fingerprint density at radius 2 is 1.93 bits per heavy atom. The van der Waals surface area contributed by atoms with E-state index in [4.69, 9.17) is 0 Å². The first-order valence-electron chi connectivity index (χ1n) is 8.48. The third-order valence-electron chi connectivity index (χ3n) is 4.00. The molecule has 1 aromatic carbocycles. The molecule has 0 atom stereocenters. The maximum absolute atomic E-state index is 13.5. The third kappa shape index (κ3) is 7.30. The molecule has 0 amide bonds. The van der Waals surface area contributed by atoms with Crippen molar-refractivity contribution >= 4 is 51.3 Å². The number of rotatable bonds is 8. The number of thiophene rings is 1. The Morgan fingerprint density at radius 3 is 2.54 bits per heavy atom. The predicted octanol–water partition coefficient (Wildman–Crippen LogP) is 2.93. The van der Waals surface area contributed by atoms with Crippen LogP contribution >= 0.6 is 35.3 Å². The average molecular weight is 540 g/mol. The van der Waals surface area contributed by atoms with E-state index < -0.39 is 10.0 Å². The summed E-state index contributed by atoms with van der Waals surface area (Å²) in [4.78, 5) is 4.13. The van der Waals surface area contributed by atoms with E-state index >= 15 is 0 Å². The number of nitrogens with one attached hydrogen (secondary N) is 3. The highest BCUT2D eigenvalue weighted by Crippen LogP contribution is 2.22. The van der Waals surface area contributed by atoms with Crippen LogP contribution in [0.1, 0.15) is 19.4 Å². The molecule has 10 heteroatoms. The van der Waals surface area contributed by atoms with Gasteiger partial charge in [-0.05, 0) is 29.1 Å². The Labute approximate surface area is 187 Å². The van der Waals surface area contributed by atoms with E-state index in [1.807, 2.05) is 19.9 Å². The summed E-state index contributed by atoms with van der Waals surface area (Å²) in [7, 11) is -1.83. The molecule has 2 aromatic rings. The van der Waals surface area contributed by atoms with Crippen molar-refractivity contribution in [2.24, 2.45) is 4.99 Å². The number of aliphatic imine (C=N–C) groups is 1. The number of hydrogen-bond acceptors (Lipinski definition) is 4. The fraction of sp³-hybridized carbons (Fsp3) is 0.389. The molecule has 156 valence electrons. The standard InChI is InChI=1S/C18H25FN4O2S2.HI/c1-18(2,14-6-4-7-15(19)12-14)13-22-17(20-3)21-9-10-23-27(24,25)16-8-5-11-26-16;/h4-8,11-12,23H,9-10,13H2,1-3H3,(H2,20,21,22);1H. The SMILES string of the molecule is CN=C(NCCNS(=O)(=O)c1cccs1)NCC(C)(C)c1cccc(F)c1.I. The minimum atomic E-state index is -3.46. The first-order chi connectivity index (χ1) is 12.7. The fourth-order valence-corrected chi connectivity index (χ4v) is 4.46. The van der Waals surface area contributed by atoms with Crippen LogP contribution in [0.3, 0.4) is 0 Å². The lowest BCUT2D eigenvalue weighted by Crippen LogP contribution is -2.45. The van der Waals surface area contributed by atoms with Crippen molar-refractivity contribution in [3.8, 4) is 0 Å². The molecule has 0 aliphatic carbocycles. The maximum Gasteiger partial charge on any atom is 0.250 e. The van der Waals surface area contributed by atoms with Crippen LogP contribution < -0.4 is 15.4 Å². The Morgan fingerprint density at radius 1 is 1.18 bits per heavy atom.